The number of nitrogens with one attached hydrogen (secondary N) is 1. The van der Waals surface area contributed by atoms with Crippen molar-refractivity contribution in [3.8, 4) is 0 Å². The van der Waals surface area contributed by atoms with Crippen LogP contribution in [0.25, 0.3) is 0 Å². The third-order valence-corrected chi connectivity index (χ3v) is 6.10. The van der Waals surface area contributed by atoms with E-state index >= 15 is 0 Å². The Bertz CT molecular complexity index is 254. The minimum Gasteiger partial charge on any atom is -0.375 e. The predicted molar refractivity (Wildman–Crippen MR) is 78.3 cm³/mol. The van der Waals surface area contributed by atoms with Gasteiger partial charge in [-0.25, -0.2) is 0 Å². The van der Waals surface area contributed by atoms with Gasteiger partial charge in [0, 0.05) is 24.4 Å². The number of thioether (sulfide) groups is 1. The Labute approximate surface area is 116 Å². The lowest BCUT2D eigenvalue weighted by Gasteiger charge is -2.44. The average molecular weight is 269 g/mol. The van der Waals surface area contributed by atoms with Gasteiger partial charge in [-0.05, 0) is 44.3 Å². The summed E-state index contributed by atoms with van der Waals surface area (Å²) in [7, 11) is 0. The van der Waals surface area contributed by atoms with Crippen LogP contribution in [0.4, 0.5) is 0 Å². The summed E-state index contributed by atoms with van der Waals surface area (Å²) in [6, 6.07) is 1.49. The summed E-state index contributed by atoms with van der Waals surface area (Å²) in [5.41, 5.74) is 0.260. The Balaban J connectivity index is 1.52. The minimum absolute atomic E-state index is 0.260. The van der Waals surface area contributed by atoms with Crippen molar-refractivity contribution < 1.29 is 4.74 Å². The molecule has 1 N–H and O–H groups in total. The largest absolute Gasteiger partial charge is 0.375 e. The van der Waals surface area contributed by atoms with E-state index in [1.807, 2.05) is 0 Å². The highest BCUT2D eigenvalue weighted by molar-refractivity contribution is 7.99. The van der Waals surface area contributed by atoms with Gasteiger partial charge in [-0.1, -0.05) is 19.3 Å². The van der Waals surface area contributed by atoms with Gasteiger partial charge < -0.3 is 10.1 Å². The SMILES string of the molecule is C1CCC2(CC1)C[C@@H](N[C@@H]1CCCSC1)CCO2. The van der Waals surface area contributed by atoms with Gasteiger partial charge in [0.15, 0.2) is 0 Å². The van der Waals surface area contributed by atoms with Crippen molar-refractivity contribution >= 4 is 11.8 Å². The molecule has 3 fully saturated rings. The van der Waals surface area contributed by atoms with Crippen molar-refractivity contribution in [2.24, 2.45) is 0 Å². The minimum atomic E-state index is 0.260. The summed E-state index contributed by atoms with van der Waals surface area (Å²) in [5.74, 6) is 2.69. The third-order valence-electron chi connectivity index (χ3n) is 4.89. The second-order valence-corrected chi connectivity index (χ2v) is 7.51. The molecule has 3 aliphatic rings. The first kappa shape index (κ1) is 13.3. The standard InChI is InChI=1S/C15H27NOS/c1-2-7-15(8-3-1)11-13(6-9-17-15)16-14-5-4-10-18-12-14/h13-14,16H,1-12H2/t13-,14+/m0/s1. The van der Waals surface area contributed by atoms with Crippen LogP contribution < -0.4 is 5.32 Å². The zero-order valence-corrected chi connectivity index (χ0v) is 12.3. The molecule has 18 heavy (non-hydrogen) atoms. The first-order valence-corrected chi connectivity index (χ1v) is 9.00. The topological polar surface area (TPSA) is 21.3 Å². The highest BCUT2D eigenvalue weighted by Gasteiger charge is 2.38. The molecule has 0 radical (unpaired) electrons. The fourth-order valence-corrected chi connectivity index (χ4v) is 5.00. The maximum Gasteiger partial charge on any atom is 0.0697 e. The van der Waals surface area contributed by atoms with Crippen LogP contribution in [0.3, 0.4) is 0 Å². The predicted octanol–water partition coefficient (Wildman–Crippen LogP) is 3.35. The van der Waals surface area contributed by atoms with Crippen LogP contribution in [0.1, 0.15) is 57.8 Å². The van der Waals surface area contributed by atoms with E-state index in [2.05, 4.69) is 17.1 Å². The maximum absolute atomic E-state index is 6.18. The van der Waals surface area contributed by atoms with E-state index in [-0.39, 0.29) is 5.60 Å². The lowest BCUT2D eigenvalue weighted by atomic mass is 9.78. The zero-order chi connectivity index (χ0) is 12.3. The summed E-state index contributed by atoms with van der Waals surface area (Å²) in [5, 5.41) is 3.93. The maximum atomic E-state index is 6.18. The van der Waals surface area contributed by atoms with E-state index in [0.717, 1.165) is 18.7 Å². The summed E-state index contributed by atoms with van der Waals surface area (Å²) >= 11 is 2.12. The van der Waals surface area contributed by atoms with Gasteiger partial charge in [-0.15, -0.1) is 0 Å². The van der Waals surface area contributed by atoms with Crippen molar-refractivity contribution in [1.82, 2.24) is 5.32 Å². The van der Waals surface area contributed by atoms with Crippen molar-refractivity contribution in [2.75, 3.05) is 18.1 Å². The summed E-state index contributed by atoms with van der Waals surface area (Å²) in [6.45, 7) is 0.984. The molecule has 0 aromatic rings. The lowest BCUT2D eigenvalue weighted by molar-refractivity contribution is -0.109. The third kappa shape index (κ3) is 3.23. The molecule has 1 aliphatic carbocycles. The number of rotatable bonds is 2. The lowest BCUT2D eigenvalue weighted by Crippen LogP contribution is -2.51. The fraction of sp³-hybridized carbons (Fsp3) is 1.00. The van der Waals surface area contributed by atoms with Gasteiger partial charge in [-0.3, -0.25) is 0 Å². The van der Waals surface area contributed by atoms with Crippen LogP contribution in [0.15, 0.2) is 0 Å². The van der Waals surface area contributed by atoms with Crippen LogP contribution >= 0.6 is 11.8 Å². The number of ether oxygens (including phenoxy) is 1. The Kier molecular flexibility index (Phi) is 4.53. The molecule has 0 aromatic heterocycles. The molecule has 0 amide bonds. The molecule has 0 bridgehead atoms. The normalized spacial score (nSPS) is 36.7. The van der Waals surface area contributed by atoms with Crippen molar-refractivity contribution in [3.05, 3.63) is 0 Å². The Morgan fingerprint density at radius 1 is 1.00 bits per heavy atom. The van der Waals surface area contributed by atoms with Crippen LogP contribution in [-0.4, -0.2) is 35.8 Å². The molecule has 3 rings (SSSR count). The molecule has 2 saturated heterocycles. The zero-order valence-electron chi connectivity index (χ0n) is 11.5. The van der Waals surface area contributed by atoms with Gasteiger partial charge in [0.1, 0.15) is 0 Å². The van der Waals surface area contributed by atoms with Gasteiger partial charge in [0.25, 0.3) is 0 Å². The molecule has 2 atom stereocenters. The second kappa shape index (κ2) is 6.15. The molecule has 104 valence electrons. The highest BCUT2D eigenvalue weighted by Crippen LogP contribution is 2.38. The first-order chi connectivity index (χ1) is 8.86. The molecular weight excluding hydrogens is 242 g/mol. The van der Waals surface area contributed by atoms with Gasteiger partial charge in [0.2, 0.25) is 0 Å². The van der Waals surface area contributed by atoms with Crippen molar-refractivity contribution in [2.45, 2.75) is 75.5 Å². The average Bonchev–Trinajstić information content (AvgIpc) is 2.41. The van der Waals surface area contributed by atoms with E-state index in [1.165, 1.54) is 69.3 Å². The molecule has 0 aromatic carbocycles. The number of hydrogen-bond donors (Lipinski definition) is 1. The Morgan fingerprint density at radius 2 is 1.89 bits per heavy atom. The highest BCUT2D eigenvalue weighted by atomic mass is 32.2. The van der Waals surface area contributed by atoms with Gasteiger partial charge in [-0.2, -0.15) is 11.8 Å². The Morgan fingerprint density at radius 3 is 2.67 bits per heavy atom. The first-order valence-electron chi connectivity index (χ1n) is 7.84. The van der Waals surface area contributed by atoms with E-state index in [1.54, 1.807) is 0 Å². The quantitative estimate of drug-likeness (QED) is 0.830. The summed E-state index contributed by atoms with van der Waals surface area (Å²) in [6.07, 6.45) is 12.1. The van der Waals surface area contributed by atoms with Gasteiger partial charge in [0.05, 0.1) is 5.60 Å². The smallest absolute Gasteiger partial charge is 0.0697 e. The number of hydrogen-bond acceptors (Lipinski definition) is 3. The van der Waals surface area contributed by atoms with Crippen LogP contribution in [0.2, 0.25) is 0 Å². The van der Waals surface area contributed by atoms with E-state index < -0.39 is 0 Å². The molecule has 2 heterocycles. The molecule has 1 saturated carbocycles. The van der Waals surface area contributed by atoms with Crippen molar-refractivity contribution in [1.29, 1.82) is 0 Å². The van der Waals surface area contributed by atoms with Crippen molar-refractivity contribution in [3.63, 3.8) is 0 Å². The monoisotopic (exact) mass is 269 g/mol. The molecule has 1 spiro atoms. The van der Waals surface area contributed by atoms with Crippen LogP contribution in [0.5, 0.6) is 0 Å². The molecular formula is C15H27NOS. The molecule has 3 heteroatoms. The van der Waals surface area contributed by atoms with E-state index in [0.29, 0.717) is 0 Å². The molecule has 0 unspecified atom stereocenters. The summed E-state index contributed by atoms with van der Waals surface area (Å²) < 4.78 is 6.18. The summed E-state index contributed by atoms with van der Waals surface area (Å²) in [4.78, 5) is 0. The van der Waals surface area contributed by atoms with E-state index in [4.69, 9.17) is 4.74 Å². The fourth-order valence-electron chi connectivity index (χ4n) is 3.92. The second-order valence-electron chi connectivity index (χ2n) is 6.36. The molecule has 2 nitrogen and oxygen atoms in total. The van der Waals surface area contributed by atoms with Crippen LogP contribution in [0, 0.1) is 0 Å². The Hall–Kier alpha value is 0.270. The molecule has 2 aliphatic heterocycles. The van der Waals surface area contributed by atoms with E-state index in [9.17, 15) is 0 Å². The van der Waals surface area contributed by atoms with Crippen LogP contribution in [-0.2, 0) is 4.74 Å². The van der Waals surface area contributed by atoms with Gasteiger partial charge >= 0.3 is 0 Å².